The molecule has 0 fully saturated rings. The van der Waals surface area contributed by atoms with Gasteiger partial charge in [0.15, 0.2) is 0 Å². The normalized spacial score (nSPS) is 9.45. The molecule has 2 heteroatoms. The lowest BCUT2D eigenvalue weighted by Gasteiger charge is -1.89. The monoisotopic (exact) mass is 143 g/mol. The van der Waals surface area contributed by atoms with Gasteiger partial charge in [-0.3, -0.25) is 4.79 Å². The summed E-state index contributed by atoms with van der Waals surface area (Å²) in [4.78, 5) is 13.9. The van der Waals surface area contributed by atoms with E-state index in [1.54, 1.807) is 6.07 Å². The van der Waals surface area contributed by atoms with Gasteiger partial charge >= 0.3 is 0 Å². The van der Waals surface area contributed by atoms with Crippen LogP contribution >= 0.6 is 0 Å². The summed E-state index contributed by atoms with van der Waals surface area (Å²) in [6.07, 6.45) is 2.54. The number of H-pyrrole nitrogens is 1. The van der Waals surface area contributed by atoms with Crippen LogP contribution in [0.15, 0.2) is 29.1 Å². The second-order valence-electron chi connectivity index (χ2n) is 2.25. The lowest BCUT2D eigenvalue weighted by atomic mass is 10.2. The van der Waals surface area contributed by atoms with Crippen molar-refractivity contribution in [3.63, 3.8) is 0 Å². The minimum atomic E-state index is -0.112. The Bertz CT molecular complexity index is 425. The number of rotatable bonds is 0. The minimum absolute atomic E-state index is 0.112. The summed E-state index contributed by atoms with van der Waals surface area (Å²) < 4.78 is 0. The highest BCUT2D eigenvalue weighted by atomic mass is 16.1. The van der Waals surface area contributed by atoms with Crippen molar-refractivity contribution in [1.29, 1.82) is 0 Å². The van der Waals surface area contributed by atoms with Gasteiger partial charge in [0.05, 0.1) is 10.9 Å². The summed E-state index contributed by atoms with van der Waals surface area (Å²) in [5.41, 5.74) is 0.690. The van der Waals surface area contributed by atoms with Gasteiger partial charge in [0.25, 0.3) is 0 Å². The van der Waals surface area contributed by atoms with E-state index in [0.717, 1.165) is 5.52 Å². The molecule has 1 N–H and O–H groups in total. The van der Waals surface area contributed by atoms with Gasteiger partial charge in [0.1, 0.15) is 0 Å². The number of aromatic nitrogens is 1. The van der Waals surface area contributed by atoms with E-state index in [1.807, 2.05) is 18.2 Å². The standard InChI is InChI=1S/C9H5NO/c11-9-5-6-10-8-4-2-1-3-7(8)9/h1-4,10H. The first kappa shape index (κ1) is 5.99. The van der Waals surface area contributed by atoms with Gasteiger partial charge < -0.3 is 4.98 Å². The van der Waals surface area contributed by atoms with Crippen LogP contribution < -0.4 is 5.43 Å². The van der Waals surface area contributed by atoms with Gasteiger partial charge in [-0.15, -0.1) is 0 Å². The van der Waals surface area contributed by atoms with Crippen LogP contribution in [0.25, 0.3) is 10.9 Å². The molecule has 0 unspecified atom stereocenters. The van der Waals surface area contributed by atoms with Crippen LogP contribution in [0.5, 0.6) is 0 Å². The Labute approximate surface area is 63.5 Å². The van der Waals surface area contributed by atoms with Crippen LogP contribution in [-0.2, 0) is 0 Å². The highest BCUT2D eigenvalue weighted by Gasteiger charge is 1.92. The Kier molecular flexibility index (Phi) is 1.16. The van der Waals surface area contributed by atoms with Crippen molar-refractivity contribution in [2.45, 2.75) is 0 Å². The number of aromatic amines is 1. The van der Waals surface area contributed by atoms with E-state index in [-0.39, 0.29) is 5.43 Å². The van der Waals surface area contributed by atoms with Crippen molar-refractivity contribution in [3.8, 4) is 0 Å². The van der Waals surface area contributed by atoms with Gasteiger partial charge in [-0.2, -0.15) is 0 Å². The third-order valence-corrected chi connectivity index (χ3v) is 1.54. The molecular weight excluding hydrogens is 138 g/mol. The predicted molar refractivity (Wildman–Crippen MR) is 42.2 cm³/mol. The van der Waals surface area contributed by atoms with Gasteiger partial charge in [-0.25, -0.2) is 0 Å². The molecule has 0 saturated carbocycles. The average Bonchev–Trinajstić information content (AvgIpc) is 2.06. The second-order valence-corrected chi connectivity index (χ2v) is 2.25. The maximum absolute atomic E-state index is 11.1. The van der Waals surface area contributed by atoms with E-state index >= 15 is 0 Å². The molecule has 2 nitrogen and oxygen atoms in total. The number of para-hydroxylation sites is 1. The summed E-state index contributed by atoms with van der Waals surface area (Å²) in [7, 11) is 0. The minimum Gasteiger partial charge on any atom is -0.314 e. The van der Waals surface area contributed by atoms with E-state index in [9.17, 15) is 4.79 Å². The lowest BCUT2D eigenvalue weighted by Crippen LogP contribution is -1.96. The Hall–Kier alpha value is -1.75. The smallest absolute Gasteiger partial charge is 0.239 e. The van der Waals surface area contributed by atoms with Crippen molar-refractivity contribution in [2.24, 2.45) is 0 Å². The predicted octanol–water partition coefficient (Wildman–Crippen LogP) is 1.13. The van der Waals surface area contributed by atoms with Gasteiger partial charge in [0, 0.05) is 12.3 Å². The summed E-state index contributed by atoms with van der Waals surface area (Å²) in [6, 6.07) is 9.73. The van der Waals surface area contributed by atoms with E-state index in [2.05, 4.69) is 17.2 Å². The molecule has 0 radical (unpaired) electrons. The number of hydrogen-bond donors (Lipinski definition) is 1. The first-order valence-corrected chi connectivity index (χ1v) is 3.28. The molecule has 0 aliphatic rings. The number of benzene rings is 1. The molecular formula is C9H5NO. The van der Waals surface area contributed by atoms with Crippen molar-refractivity contribution in [2.75, 3.05) is 0 Å². The summed E-state index contributed by atoms with van der Waals surface area (Å²) in [5, 5.41) is 0.659. The number of nitrogens with one attached hydrogen (secondary N) is 1. The molecule has 0 bridgehead atoms. The molecule has 1 aromatic heterocycles. The van der Waals surface area contributed by atoms with Gasteiger partial charge in [-0.05, 0) is 12.1 Å². The third kappa shape index (κ3) is 0.870. The van der Waals surface area contributed by atoms with Crippen molar-refractivity contribution < 1.29 is 0 Å². The highest BCUT2D eigenvalue weighted by Crippen LogP contribution is 2.01. The molecule has 2 aromatic rings. The quantitative estimate of drug-likeness (QED) is 0.589. The molecule has 2 rings (SSSR count). The second kappa shape index (κ2) is 2.14. The first-order chi connectivity index (χ1) is 5.38. The molecule has 0 aliphatic carbocycles. The Morgan fingerprint density at radius 2 is 2.09 bits per heavy atom. The van der Waals surface area contributed by atoms with Crippen LogP contribution in [0.3, 0.4) is 0 Å². The van der Waals surface area contributed by atoms with Crippen LogP contribution in [0.4, 0.5) is 0 Å². The van der Waals surface area contributed by atoms with Crippen LogP contribution in [0.1, 0.15) is 0 Å². The maximum atomic E-state index is 11.1. The van der Waals surface area contributed by atoms with Crippen LogP contribution in [0, 0.1) is 12.3 Å². The highest BCUT2D eigenvalue weighted by molar-refractivity contribution is 5.76. The van der Waals surface area contributed by atoms with E-state index in [1.165, 1.54) is 0 Å². The zero-order valence-electron chi connectivity index (χ0n) is 5.72. The largest absolute Gasteiger partial charge is 0.314 e. The number of hydrogen-bond acceptors (Lipinski definition) is 1. The van der Waals surface area contributed by atoms with Gasteiger partial charge in [-0.1, -0.05) is 12.1 Å². The average molecular weight is 143 g/mol. The maximum Gasteiger partial charge on any atom is 0.239 e. The zero-order valence-corrected chi connectivity index (χ0v) is 5.72. The molecule has 0 atom stereocenters. The Balaban J connectivity index is 3.03. The van der Waals surface area contributed by atoms with Crippen molar-refractivity contribution in [3.05, 3.63) is 46.8 Å². The first-order valence-electron chi connectivity index (χ1n) is 3.28. The molecule has 0 amide bonds. The van der Waals surface area contributed by atoms with Crippen LogP contribution in [-0.4, -0.2) is 4.98 Å². The Morgan fingerprint density at radius 1 is 1.27 bits per heavy atom. The molecule has 52 valence electrons. The summed E-state index contributed by atoms with van der Waals surface area (Å²) in [6.45, 7) is 0. The van der Waals surface area contributed by atoms with E-state index < -0.39 is 0 Å². The van der Waals surface area contributed by atoms with Crippen molar-refractivity contribution in [1.82, 2.24) is 4.98 Å². The summed E-state index contributed by atoms with van der Waals surface area (Å²) >= 11 is 0. The topological polar surface area (TPSA) is 32.9 Å². The lowest BCUT2D eigenvalue weighted by molar-refractivity contribution is 1.42. The fourth-order valence-corrected chi connectivity index (χ4v) is 1.01. The van der Waals surface area contributed by atoms with E-state index in [0.29, 0.717) is 5.39 Å². The fraction of sp³-hybridized carbons (Fsp3) is 0. The van der Waals surface area contributed by atoms with E-state index in [4.69, 9.17) is 0 Å². The summed E-state index contributed by atoms with van der Waals surface area (Å²) in [5.74, 6) is 0. The third-order valence-electron chi connectivity index (χ3n) is 1.54. The molecule has 11 heavy (non-hydrogen) atoms. The SMILES string of the molecule is O=c1c#c[nH]c2ccccc12. The molecule has 0 saturated heterocycles. The van der Waals surface area contributed by atoms with Crippen molar-refractivity contribution >= 4 is 10.9 Å². The van der Waals surface area contributed by atoms with Gasteiger partial charge in [0.2, 0.25) is 5.43 Å². The Morgan fingerprint density at radius 3 is 2.91 bits per heavy atom. The molecule has 0 aliphatic heterocycles. The molecule has 1 aromatic carbocycles. The molecule has 0 spiro atoms. The fourth-order valence-electron chi connectivity index (χ4n) is 1.01. The zero-order chi connectivity index (χ0) is 7.68. The number of fused-ring (bicyclic) bond motifs is 1. The molecule has 1 heterocycles. The van der Waals surface area contributed by atoms with Crippen LogP contribution in [0.2, 0.25) is 0 Å².